The van der Waals surface area contributed by atoms with E-state index in [-0.39, 0.29) is 5.41 Å². The fourth-order valence-corrected chi connectivity index (χ4v) is 8.43. The molecule has 2 nitrogen and oxygen atoms in total. The first-order chi connectivity index (χ1) is 24.1. The molecule has 0 N–H and O–H groups in total. The zero-order chi connectivity index (χ0) is 32.7. The molecule has 0 atom stereocenters. The van der Waals surface area contributed by atoms with Crippen LogP contribution in [-0.2, 0) is 5.41 Å². The molecule has 0 bridgehead atoms. The van der Waals surface area contributed by atoms with Crippen LogP contribution in [0.25, 0.3) is 60.2 Å². The van der Waals surface area contributed by atoms with Gasteiger partial charge >= 0.3 is 0 Å². The highest BCUT2D eigenvalue weighted by molar-refractivity contribution is 6.28. The largest absolute Gasteiger partial charge is 0.310 e. The number of benzene rings is 8. The molecule has 0 spiro atoms. The number of hydrogen-bond acceptors (Lipinski definition) is 1. The molecule has 0 aliphatic heterocycles. The first kappa shape index (κ1) is 27.9. The Morgan fingerprint density at radius 1 is 0.429 bits per heavy atom. The van der Waals surface area contributed by atoms with Gasteiger partial charge in [-0.25, -0.2) is 0 Å². The van der Waals surface area contributed by atoms with E-state index in [1.54, 1.807) is 0 Å². The number of rotatable bonds is 4. The summed E-state index contributed by atoms with van der Waals surface area (Å²) in [5.74, 6) is 0. The lowest BCUT2D eigenvalue weighted by Gasteiger charge is -2.28. The highest BCUT2D eigenvalue weighted by Crippen LogP contribution is 2.50. The average molecular weight is 627 g/mol. The summed E-state index contributed by atoms with van der Waals surface area (Å²) >= 11 is 0. The van der Waals surface area contributed by atoms with Gasteiger partial charge in [-0.15, -0.1) is 0 Å². The van der Waals surface area contributed by atoms with Gasteiger partial charge in [0, 0.05) is 38.9 Å². The van der Waals surface area contributed by atoms with E-state index in [0.29, 0.717) is 0 Å². The summed E-state index contributed by atoms with van der Waals surface area (Å²) in [7, 11) is 0. The molecule has 0 saturated carbocycles. The van der Waals surface area contributed by atoms with Gasteiger partial charge in [-0.3, -0.25) is 0 Å². The lowest BCUT2D eigenvalue weighted by atomic mass is 9.82. The maximum absolute atomic E-state index is 2.44. The minimum absolute atomic E-state index is 0.0704. The van der Waals surface area contributed by atoms with Gasteiger partial charge in [0.15, 0.2) is 0 Å². The number of anilines is 3. The Labute approximate surface area is 286 Å². The van der Waals surface area contributed by atoms with E-state index in [1.165, 1.54) is 65.6 Å². The summed E-state index contributed by atoms with van der Waals surface area (Å²) in [6.07, 6.45) is 0. The van der Waals surface area contributed by atoms with Crippen LogP contribution in [0.1, 0.15) is 25.0 Å². The number of nitrogens with zero attached hydrogens (tertiary/aromatic N) is 2. The lowest BCUT2D eigenvalue weighted by Crippen LogP contribution is -2.16. The maximum atomic E-state index is 2.44. The zero-order valence-corrected chi connectivity index (χ0v) is 27.6. The topological polar surface area (TPSA) is 8.17 Å². The monoisotopic (exact) mass is 626 g/mol. The first-order valence-corrected chi connectivity index (χ1v) is 17.1. The van der Waals surface area contributed by atoms with Crippen molar-refractivity contribution in [1.82, 2.24) is 4.57 Å². The van der Waals surface area contributed by atoms with Crippen LogP contribution in [0.15, 0.2) is 170 Å². The molecule has 9 aromatic rings. The van der Waals surface area contributed by atoms with Crippen molar-refractivity contribution in [2.45, 2.75) is 19.3 Å². The van der Waals surface area contributed by atoms with E-state index in [1.807, 2.05) is 0 Å². The number of para-hydroxylation sites is 1. The van der Waals surface area contributed by atoms with Crippen LogP contribution in [0.5, 0.6) is 0 Å². The second kappa shape index (κ2) is 10.4. The van der Waals surface area contributed by atoms with Gasteiger partial charge in [-0.1, -0.05) is 123 Å². The third-order valence-electron chi connectivity index (χ3n) is 10.8. The molecule has 1 aliphatic rings. The van der Waals surface area contributed by atoms with Crippen molar-refractivity contribution in [3.63, 3.8) is 0 Å². The highest BCUT2D eigenvalue weighted by Gasteiger charge is 2.35. The van der Waals surface area contributed by atoms with Crippen LogP contribution in [0.3, 0.4) is 0 Å². The third kappa shape index (κ3) is 4.07. The SMILES string of the molecule is CC1(C)c2ccccc2-c2ccc(N(c3ccccc3)c3ccc(-n4c5ccc6ccccc6c5c5c6ccccc6ccc54)cc3)cc21. The molecule has 1 aliphatic carbocycles. The maximum Gasteiger partial charge on any atom is 0.0547 e. The Morgan fingerprint density at radius 2 is 0.959 bits per heavy atom. The van der Waals surface area contributed by atoms with Crippen molar-refractivity contribution in [2.24, 2.45) is 0 Å². The molecule has 1 aromatic heterocycles. The Kier molecular flexibility index (Phi) is 5.95. The molecule has 0 radical (unpaired) electrons. The van der Waals surface area contributed by atoms with Crippen LogP contribution in [0.4, 0.5) is 17.1 Å². The Bertz CT molecular complexity index is 2640. The van der Waals surface area contributed by atoms with Gasteiger partial charge in [0.1, 0.15) is 0 Å². The van der Waals surface area contributed by atoms with Crippen molar-refractivity contribution >= 4 is 60.4 Å². The summed E-state index contributed by atoms with van der Waals surface area (Å²) in [6, 6.07) is 62.3. The van der Waals surface area contributed by atoms with Crippen LogP contribution < -0.4 is 4.90 Å². The van der Waals surface area contributed by atoms with Gasteiger partial charge in [-0.2, -0.15) is 0 Å². The van der Waals surface area contributed by atoms with E-state index in [9.17, 15) is 0 Å². The summed E-state index contributed by atoms with van der Waals surface area (Å²) in [5, 5.41) is 7.71. The smallest absolute Gasteiger partial charge is 0.0547 e. The molecule has 1 heterocycles. The fourth-order valence-electron chi connectivity index (χ4n) is 8.43. The van der Waals surface area contributed by atoms with Gasteiger partial charge in [0.2, 0.25) is 0 Å². The van der Waals surface area contributed by atoms with E-state index < -0.39 is 0 Å². The number of hydrogen-bond donors (Lipinski definition) is 0. The fraction of sp³-hybridized carbons (Fsp3) is 0.0638. The molecule has 0 unspecified atom stereocenters. The number of aromatic nitrogens is 1. The van der Waals surface area contributed by atoms with Crippen LogP contribution in [0.2, 0.25) is 0 Å². The summed E-state index contributed by atoms with van der Waals surface area (Å²) < 4.78 is 2.44. The van der Waals surface area contributed by atoms with Gasteiger partial charge in [-0.05, 0) is 104 Å². The van der Waals surface area contributed by atoms with Crippen molar-refractivity contribution in [3.8, 4) is 16.8 Å². The highest BCUT2D eigenvalue weighted by atomic mass is 15.1. The van der Waals surface area contributed by atoms with Crippen molar-refractivity contribution < 1.29 is 0 Å². The minimum Gasteiger partial charge on any atom is -0.310 e. The molecule has 232 valence electrons. The van der Waals surface area contributed by atoms with E-state index in [2.05, 4.69) is 193 Å². The predicted molar refractivity (Wildman–Crippen MR) is 208 cm³/mol. The average Bonchev–Trinajstić information content (AvgIpc) is 3.62. The Hall–Kier alpha value is -6.12. The van der Waals surface area contributed by atoms with Crippen LogP contribution in [-0.4, -0.2) is 4.57 Å². The minimum atomic E-state index is -0.0704. The molecule has 0 saturated heterocycles. The predicted octanol–water partition coefficient (Wildman–Crippen LogP) is 12.9. The third-order valence-corrected chi connectivity index (χ3v) is 10.8. The molecule has 0 amide bonds. The molecule has 49 heavy (non-hydrogen) atoms. The second-order valence-electron chi connectivity index (χ2n) is 13.8. The summed E-state index contributed by atoms with van der Waals surface area (Å²) in [6.45, 7) is 4.70. The quantitative estimate of drug-likeness (QED) is 0.189. The first-order valence-electron chi connectivity index (χ1n) is 17.1. The summed E-state index contributed by atoms with van der Waals surface area (Å²) in [5.41, 5.74) is 12.4. The molecule has 8 aromatic carbocycles. The van der Waals surface area contributed by atoms with Crippen molar-refractivity contribution in [1.29, 1.82) is 0 Å². The zero-order valence-electron chi connectivity index (χ0n) is 27.6. The van der Waals surface area contributed by atoms with Gasteiger partial charge < -0.3 is 9.47 Å². The second-order valence-corrected chi connectivity index (χ2v) is 13.8. The van der Waals surface area contributed by atoms with E-state index >= 15 is 0 Å². The molecule has 0 fully saturated rings. The Morgan fingerprint density at radius 3 is 1.63 bits per heavy atom. The van der Waals surface area contributed by atoms with Gasteiger partial charge in [0.25, 0.3) is 0 Å². The van der Waals surface area contributed by atoms with Gasteiger partial charge in [0.05, 0.1) is 11.0 Å². The number of fused-ring (bicyclic) bond motifs is 10. The van der Waals surface area contributed by atoms with Crippen LogP contribution in [0, 0.1) is 0 Å². The lowest BCUT2D eigenvalue weighted by molar-refractivity contribution is 0.660. The molecular formula is C47H34N2. The van der Waals surface area contributed by atoms with Crippen molar-refractivity contribution in [3.05, 3.63) is 181 Å². The Balaban J connectivity index is 1.16. The van der Waals surface area contributed by atoms with Crippen molar-refractivity contribution in [2.75, 3.05) is 4.90 Å². The molecule has 2 heteroatoms. The standard InChI is InChI=1S/C47H34N2/c1-47(2)41-19-11-10-18-39(41)40-27-26-36(30-42(40)47)48(33-14-4-3-5-15-33)34-22-24-35(25-23-34)49-43-28-20-31-12-6-8-16-37(31)45(43)46-38-17-9-7-13-32(38)21-29-44(46)49/h3-30H,1-2H3. The van der Waals surface area contributed by atoms with E-state index in [4.69, 9.17) is 0 Å². The van der Waals surface area contributed by atoms with E-state index in [0.717, 1.165) is 22.7 Å². The normalized spacial score (nSPS) is 13.3. The molecule has 10 rings (SSSR count). The molecular weight excluding hydrogens is 593 g/mol. The van der Waals surface area contributed by atoms with Crippen LogP contribution >= 0.6 is 0 Å². The summed E-state index contributed by atoms with van der Waals surface area (Å²) in [4.78, 5) is 2.38.